The highest BCUT2D eigenvalue weighted by Crippen LogP contribution is 2.16. The van der Waals surface area contributed by atoms with Gasteiger partial charge in [-0.3, -0.25) is 0 Å². The molecule has 0 bridgehead atoms. The Morgan fingerprint density at radius 1 is 1.67 bits per heavy atom. The molecule has 0 saturated heterocycles. The summed E-state index contributed by atoms with van der Waals surface area (Å²) in [6, 6.07) is 4.53. The lowest BCUT2D eigenvalue weighted by Crippen LogP contribution is -2.19. The number of carboxylic acids is 1. The zero-order chi connectivity index (χ0) is 11.4. The lowest BCUT2D eigenvalue weighted by Gasteiger charge is -2.09. The van der Waals surface area contributed by atoms with E-state index in [0.717, 1.165) is 0 Å². The van der Waals surface area contributed by atoms with E-state index in [-0.39, 0.29) is 6.61 Å². The average Bonchev–Trinajstić information content (AvgIpc) is 2.15. The van der Waals surface area contributed by atoms with Gasteiger partial charge in [-0.2, -0.15) is 0 Å². The number of halogens is 2. The number of aliphatic carboxylic acids is 1. The Morgan fingerprint density at radius 3 is 2.87 bits per heavy atom. The average molecular weight is 277 g/mol. The third-order valence-electron chi connectivity index (χ3n) is 1.85. The number of ether oxygens (including phenoxy) is 1. The number of benzene rings is 1. The Hall–Kier alpha value is -0.940. The maximum Gasteiger partial charge on any atom is 0.332 e. The van der Waals surface area contributed by atoms with Crippen LogP contribution in [-0.2, 0) is 16.1 Å². The lowest BCUT2D eigenvalue weighted by molar-refractivity contribution is -0.149. The first-order valence-electron chi connectivity index (χ1n) is 4.29. The van der Waals surface area contributed by atoms with Gasteiger partial charge in [-0.05, 0) is 19.1 Å². The van der Waals surface area contributed by atoms with Gasteiger partial charge in [0.1, 0.15) is 5.82 Å². The summed E-state index contributed by atoms with van der Waals surface area (Å²) in [4.78, 5) is 10.4. The first-order chi connectivity index (χ1) is 7.00. The van der Waals surface area contributed by atoms with E-state index in [9.17, 15) is 9.18 Å². The van der Waals surface area contributed by atoms with Crippen LogP contribution in [0, 0.1) is 5.82 Å². The van der Waals surface area contributed by atoms with Crippen LogP contribution in [0.3, 0.4) is 0 Å². The number of rotatable bonds is 4. The van der Waals surface area contributed by atoms with E-state index >= 15 is 0 Å². The van der Waals surface area contributed by atoms with E-state index in [2.05, 4.69) is 15.9 Å². The van der Waals surface area contributed by atoms with Crippen LogP contribution in [0.5, 0.6) is 0 Å². The van der Waals surface area contributed by atoms with Gasteiger partial charge in [0.25, 0.3) is 0 Å². The molecule has 82 valence electrons. The third kappa shape index (κ3) is 3.60. The molecule has 5 heteroatoms. The van der Waals surface area contributed by atoms with Crippen molar-refractivity contribution in [3.8, 4) is 0 Å². The zero-order valence-corrected chi connectivity index (χ0v) is 9.62. The summed E-state index contributed by atoms with van der Waals surface area (Å²) in [7, 11) is 0. The van der Waals surface area contributed by atoms with Crippen LogP contribution >= 0.6 is 15.9 Å². The van der Waals surface area contributed by atoms with Crippen molar-refractivity contribution in [1.29, 1.82) is 0 Å². The standard InChI is InChI=1S/C10H10BrFO3/c1-6(10(13)14)15-5-7-2-3-8(11)4-9(7)12/h2-4,6H,5H2,1H3,(H,13,14). The van der Waals surface area contributed by atoms with E-state index in [0.29, 0.717) is 10.0 Å². The number of carboxylic acid groups (broad SMARTS) is 1. The Kier molecular flexibility index (Phi) is 4.23. The molecule has 3 nitrogen and oxygen atoms in total. The molecule has 1 aromatic carbocycles. The van der Waals surface area contributed by atoms with Gasteiger partial charge in [-0.25, -0.2) is 9.18 Å². The predicted octanol–water partition coefficient (Wildman–Crippen LogP) is 2.58. The Morgan fingerprint density at radius 2 is 2.33 bits per heavy atom. The summed E-state index contributed by atoms with van der Waals surface area (Å²) in [5.74, 6) is -1.48. The van der Waals surface area contributed by atoms with Crippen molar-refractivity contribution in [3.05, 3.63) is 34.1 Å². The Balaban J connectivity index is 2.62. The molecule has 1 unspecified atom stereocenters. The van der Waals surface area contributed by atoms with Gasteiger partial charge in [0.2, 0.25) is 0 Å². The predicted molar refractivity (Wildman–Crippen MR) is 56.0 cm³/mol. The van der Waals surface area contributed by atoms with Gasteiger partial charge >= 0.3 is 5.97 Å². The smallest absolute Gasteiger partial charge is 0.332 e. The van der Waals surface area contributed by atoms with Crippen LogP contribution in [0.15, 0.2) is 22.7 Å². The van der Waals surface area contributed by atoms with Gasteiger partial charge in [0, 0.05) is 10.0 Å². The molecule has 15 heavy (non-hydrogen) atoms. The van der Waals surface area contributed by atoms with Crippen LogP contribution in [0.4, 0.5) is 4.39 Å². The van der Waals surface area contributed by atoms with Crippen molar-refractivity contribution >= 4 is 21.9 Å². The van der Waals surface area contributed by atoms with Crippen LogP contribution in [0.2, 0.25) is 0 Å². The normalized spacial score (nSPS) is 12.5. The van der Waals surface area contributed by atoms with Gasteiger partial charge in [-0.1, -0.05) is 22.0 Å². The molecule has 0 saturated carbocycles. The number of hydrogen-bond donors (Lipinski definition) is 1. The van der Waals surface area contributed by atoms with Gasteiger partial charge in [0.05, 0.1) is 6.61 Å². The van der Waals surface area contributed by atoms with Crippen LogP contribution < -0.4 is 0 Å². The van der Waals surface area contributed by atoms with Crippen LogP contribution in [0.25, 0.3) is 0 Å². The highest BCUT2D eigenvalue weighted by Gasteiger charge is 2.12. The highest BCUT2D eigenvalue weighted by atomic mass is 79.9. The molecule has 0 aliphatic carbocycles. The fraction of sp³-hybridized carbons (Fsp3) is 0.300. The second-order valence-corrected chi connectivity index (χ2v) is 3.94. The molecule has 1 rings (SSSR count). The minimum Gasteiger partial charge on any atom is -0.479 e. The minimum atomic E-state index is -1.06. The molecule has 0 aliphatic heterocycles. The number of hydrogen-bond acceptors (Lipinski definition) is 2. The Labute approximate surface area is 95.0 Å². The fourth-order valence-corrected chi connectivity index (χ4v) is 1.26. The third-order valence-corrected chi connectivity index (χ3v) is 2.34. The van der Waals surface area contributed by atoms with Crippen molar-refractivity contribution < 1.29 is 19.0 Å². The first-order valence-corrected chi connectivity index (χ1v) is 5.08. The van der Waals surface area contributed by atoms with E-state index in [1.807, 2.05) is 0 Å². The molecule has 1 N–H and O–H groups in total. The summed E-state index contributed by atoms with van der Waals surface area (Å²) in [6.45, 7) is 1.35. The summed E-state index contributed by atoms with van der Waals surface area (Å²) >= 11 is 3.12. The van der Waals surface area contributed by atoms with E-state index < -0.39 is 17.9 Å². The molecular formula is C10H10BrFO3. The minimum absolute atomic E-state index is 0.0490. The van der Waals surface area contributed by atoms with Gasteiger partial charge in [-0.15, -0.1) is 0 Å². The largest absolute Gasteiger partial charge is 0.479 e. The lowest BCUT2D eigenvalue weighted by atomic mass is 10.2. The second kappa shape index (κ2) is 5.23. The van der Waals surface area contributed by atoms with Crippen molar-refractivity contribution in [1.82, 2.24) is 0 Å². The molecule has 0 amide bonds. The van der Waals surface area contributed by atoms with Gasteiger partial charge < -0.3 is 9.84 Å². The summed E-state index contributed by atoms with van der Waals surface area (Å²) in [6.07, 6.45) is -0.937. The summed E-state index contributed by atoms with van der Waals surface area (Å²) in [5, 5.41) is 8.55. The zero-order valence-electron chi connectivity index (χ0n) is 8.04. The quantitative estimate of drug-likeness (QED) is 0.920. The summed E-state index contributed by atoms with van der Waals surface area (Å²) in [5.41, 5.74) is 0.339. The molecule has 0 aromatic heterocycles. The Bertz CT molecular complexity index is 368. The molecule has 1 atom stereocenters. The first kappa shape index (κ1) is 12.1. The van der Waals surface area contributed by atoms with Crippen LogP contribution in [0.1, 0.15) is 12.5 Å². The molecule has 0 spiro atoms. The van der Waals surface area contributed by atoms with Gasteiger partial charge in [0.15, 0.2) is 6.10 Å². The fourth-order valence-electron chi connectivity index (χ4n) is 0.925. The maximum absolute atomic E-state index is 13.2. The molecule has 0 fully saturated rings. The van der Waals surface area contributed by atoms with Crippen molar-refractivity contribution in [3.63, 3.8) is 0 Å². The number of carbonyl (C=O) groups is 1. The highest BCUT2D eigenvalue weighted by molar-refractivity contribution is 9.10. The molecular weight excluding hydrogens is 267 g/mol. The second-order valence-electron chi connectivity index (χ2n) is 3.03. The van der Waals surface area contributed by atoms with E-state index in [4.69, 9.17) is 9.84 Å². The van der Waals surface area contributed by atoms with Crippen molar-refractivity contribution in [2.75, 3.05) is 0 Å². The molecule has 0 radical (unpaired) electrons. The topological polar surface area (TPSA) is 46.5 Å². The molecule has 0 heterocycles. The monoisotopic (exact) mass is 276 g/mol. The van der Waals surface area contributed by atoms with Crippen LogP contribution in [-0.4, -0.2) is 17.2 Å². The van der Waals surface area contributed by atoms with E-state index in [1.54, 1.807) is 12.1 Å². The summed E-state index contributed by atoms with van der Waals surface area (Å²) < 4.78 is 18.8. The molecule has 0 aliphatic rings. The van der Waals surface area contributed by atoms with Crippen molar-refractivity contribution in [2.24, 2.45) is 0 Å². The van der Waals surface area contributed by atoms with E-state index in [1.165, 1.54) is 13.0 Å². The molecule has 1 aromatic rings. The van der Waals surface area contributed by atoms with Crippen molar-refractivity contribution in [2.45, 2.75) is 19.6 Å². The SMILES string of the molecule is CC(OCc1ccc(Br)cc1F)C(=O)O. The maximum atomic E-state index is 13.2.